The summed E-state index contributed by atoms with van der Waals surface area (Å²) in [6.07, 6.45) is 1.68. The van der Waals surface area contributed by atoms with E-state index in [0.717, 1.165) is 32.5 Å². The summed E-state index contributed by atoms with van der Waals surface area (Å²) in [4.78, 5) is 29.4. The van der Waals surface area contributed by atoms with Crippen LogP contribution in [0.3, 0.4) is 0 Å². The molecule has 7 nitrogen and oxygen atoms in total. The summed E-state index contributed by atoms with van der Waals surface area (Å²) in [6.45, 7) is 8.56. The van der Waals surface area contributed by atoms with E-state index in [1.165, 1.54) is 0 Å². The fourth-order valence-corrected chi connectivity index (χ4v) is 3.51. The number of hydrogen-bond donors (Lipinski definition) is 2. The van der Waals surface area contributed by atoms with Gasteiger partial charge in [0.1, 0.15) is 0 Å². The normalized spacial score (nSPS) is 31.8. The van der Waals surface area contributed by atoms with E-state index in [0.29, 0.717) is 12.1 Å². The summed E-state index contributed by atoms with van der Waals surface area (Å²) in [7, 11) is 2.10. The molecule has 1 saturated heterocycles. The maximum absolute atomic E-state index is 12.4. The SMILES string of the molecule is CCN(CC(=O)O)C1CC(NC(=O)N2C[C@@H](C)N(C)[C@@H](C)C2)C1. The topological polar surface area (TPSA) is 76.1 Å². The number of aliphatic carboxylic acids is 1. The average molecular weight is 326 g/mol. The molecule has 1 aliphatic carbocycles. The molecule has 2 atom stereocenters. The summed E-state index contributed by atoms with van der Waals surface area (Å²) < 4.78 is 0. The first-order valence-electron chi connectivity index (χ1n) is 8.55. The summed E-state index contributed by atoms with van der Waals surface area (Å²) in [5.74, 6) is -0.792. The predicted molar refractivity (Wildman–Crippen MR) is 88.5 cm³/mol. The van der Waals surface area contributed by atoms with Crippen LogP contribution >= 0.6 is 0 Å². The minimum atomic E-state index is -0.792. The Hall–Kier alpha value is -1.34. The van der Waals surface area contributed by atoms with Crippen molar-refractivity contribution in [3.8, 4) is 0 Å². The van der Waals surface area contributed by atoms with Gasteiger partial charge in [0.25, 0.3) is 0 Å². The van der Waals surface area contributed by atoms with Gasteiger partial charge >= 0.3 is 12.0 Å². The van der Waals surface area contributed by atoms with Crippen LogP contribution in [0.25, 0.3) is 0 Å². The number of carbonyl (C=O) groups excluding carboxylic acids is 1. The van der Waals surface area contributed by atoms with E-state index in [1.54, 1.807) is 0 Å². The van der Waals surface area contributed by atoms with Crippen LogP contribution < -0.4 is 5.32 Å². The molecule has 2 N–H and O–H groups in total. The lowest BCUT2D eigenvalue weighted by molar-refractivity contribution is -0.139. The first kappa shape index (κ1) is 18.0. The fourth-order valence-electron chi connectivity index (χ4n) is 3.51. The molecule has 0 unspecified atom stereocenters. The van der Waals surface area contributed by atoms with Gasteiger partial charge in [0.2, 0.25) is 0 Å². The van der Waals surface area contributed by atoms with E-state index in [4.69, 9.17) is 5.11 Å². The number of hydrogen-bond acceptors (Lipinski definition) is 4. The molecule has 2 amide bonds. The Bertz CT molecular complexity index is 427. The van der Waals surface area contributed by atoms with Gasteiger partial charge < -0.3 is 15.3 Å². The lowest BCUT2D eigenvalue weighted by Gasteiger charge is -2.45. The number of carboxylic acids is 1. The maximum Gasteiger partial charge on any atom is 0.317 e. The molecule has 0 radical (unpaired) electrons. The van der Waals surface area contributed by atoms with Crippen molar-refractivity contribution < 1.29 is 14.7 Å². The van der Waals surface area contributed by atoms with Gasteiger partial charge in [-0.3, -0.25) is 14.6 Å². The van der Waals surface area contributed by atoms with Crippen molar-refractivity contribution in [1.82, 2.24) is 20.0 Å². The van der Waals surface area contributed by atoms with Crippen LogP contribution in [-0.4, -0.2) is 89.2 Å². The smallest absolute Gasteiger partial charge is 0.317 e. The Morgan fingerprint density at radius 3 is 2.26 bits per heavy atom. The van der Waals surface area contributed by atoms with Crippen LogP contribution in [0.15, 0.2) is 0 Å². The van der Waals surface area contributed by atoms with Gasteiger partial charge in [0, 0.05) is 37.3 Å². The van der Waals surface area contributed by atoms with Crippen molar-refractivity contribution in [3.05, 3.63) is 0 Å². The molecule has 0 bridgehead atoms. The highest BCUT2D eigenvalue weighted by atomic mass is 16.4. The van der Waals surface area contributed by atoms with E-state index in [9.17, 15) is 9.59 Å². The van der Waals surface area contributed by atoms with E-state index in [2.05, 4.69) is 31.1 Å². The molecule has 2 fully saturated rings. The number of nitrogens with zero attached hydrogens (tertiary/aromatic N) is 3. The second-order valence-electron chi connectivity index (χ2n) is 7.00. The average Bonchev–Trinajstić information content (AvgIpc) is 2.44. The van der Waals surface area contributed by atoms with Crippen LogP contribution in [0.5, 0.6) is 0 Å². The molecule has 0 aromatic carbocycles. The molecule has 0 aromatic heterocycles. The highest BCUT2D eigenvalue weighted by Crippen LogP contribution is 2.26. The van der Waals surface area contributed by atoms with Crippen molar-refractivity contribution in [1.29, 1.82) is 0 Å². The highest BCUT2D eigenvalue weighted by Gasteiger charge is 2.36. The standard InChI is InChI=1S/C16H30N4O3/c1-5-19(10-15(21)22)14-6-13(7-14)17-16(23)20-8-11(2)18(4)12(3)9-20/h11-14H,5-10H2,1-4H3,(H,17,23)(H,21,22)/t11-,12+,13?,14?. The molecule has 2 rings (SSSR count). The summed E-state index contributed by atoms with van der Waals surface area (Å²) in [5.41, 5.74) is 0. The number of carbonyl (C=O) groups is 2. The Kier molecular flexibility index (Phi) is 5.86. The summed E-state index contributed by atoms with van der Waals surface area (Å²) >= 11 is 0. The number of piperazine rings is 1. The lowest BCUT2D eigenvalue weighted by atomic mass is 9.85. The minimum absolute atomic E-state index is 0.0153. The summed E-state index contributed by atoms with van der Waals surface area (Å²) in [6, 6.07) is 1.18. The molecular weight excluding hydrogens is 296 g/mol. The molecular formula is C16H30N4O3. The Morgan fingerprint density at radius 1 is 1.22 bits per heavy atom. The third kappa shape index (κ3) is 4.35. The van der Waals surface area contributed by atoms with E-state index in [1.807, 2.05) is 16.7 Å². The van der Waals surface area contributed by atoms with Gasteiger partial charge in [0.15, 0.2) is 0 Å². The number of carboxylic acid groups (broad SMARTS) is 1. The van der Waals surface area contributed by atoms with E-state index >= 15 is 0 Å². The molecule has 7 heteroatoms. The van der Waals surface area contributed by atoms with Crippen molar-refractivity contribution in [2.75, 3.05) is 33.2 Å². The molecule has 2 aliphatic rings. The Morgan fingerprint density at radius 2 is 1.78 bits per heavy atom. The first-order valence-corrected chi connectivity index (χ1v) is 8.55. The number of likely N-dealkylation sites (N-methyl/N-ethyl adjacent to an activating group) is 2. The van der Waals surface area contributed by atoms with E-state index < -0.39 is 5.97 Å². The minimum Gasteiger partial charge on any atom is -0.480 e. The predicted octanol–water partition coefficient (Wildman–Crippen LogP) is 0.658. The monoisotopic (exact) mass is 326 g/mol. The van der Waals surface area contributed by atoms with Crippen molar-refractivity contribution in [2.45, 2.75) is 57.8 Å². The van der Waals surface area contributed by atoms with Crippen LogP contribution in [0.2, 0.25) is 0 Å². The van der Waals surface area contributed by atoms with Crippen molar-refractivity contribution in [2.24, 2.45) is 0 Å². The second kappa shape index (κ2) is 7.49. The Balaban J connectivity index is 1.77. The fraction of sp³-hybridized carbons (Fsp3) is 0.875. The molecule has 23 heavy (non-hydrogen) atoms. The van der Waals surface area contributed by atoms with Crippen molar-refractivity contribution in [3.63, 3.8) is 0 Å². The van der Waals surface area contributed by atoms with Crippen LogP contribution in [0.1, 0.15) is 33.6 Å². The largest absolute Gasteiger partial charge is 0.480 e. The molecule has 1 heterocycles. The molecule has 0 spiro atoms. The van der Waals surface area contributed by atoms with Gasteiger partial charge in [-0.15, -0.1) is 0 Å². The van der Waals surface area contributed by atoms with Crippen LogP contribution in [0.4, 0.5) is 4.79 Å². The number of nitrogens with one attached hydrogen (secondary N) is 1. The zero-order chi connectivity index (χ0) is 17.1. The van der Waals surface area contributed by atoms with Gasteiger partial charge in [0.05, 0.1) is 6.54 Å². The van der Waals surface area contributed by atoms with Gasteiger partial charge in [-0.2, -0.15) is 0 Å². The third-order valence-electron chi connectivity index (χ3n) is 5.35. The van der Waals surface area contributed by atoms with Gasteiger partial charge in [-0.1, -0.05) is 6.92 Å². The van der Waals surface area contributed by atoms with Crippen LogP contribution in [0, 0.1) is 0 Å². The highest BCUT2D eigenvalue weighted by molar-refractivity contribution is 5.75. The molecule has 1 saturated carbocycles. The first-order chi connectivity index (χ1) is 10.8. The van der Waals surface area contributed by atoms with Crippen LogP contribution in [-0.2, 0) is 4.79 Å². The van der Waals surface area contributed by atoms with Gasteiger partial charge in [-0.05, 0) is 40.3 Å². The zero-order valence-electron chi connectivity index (χ0n) is 14.7. The third-order valence-corrected chi connectivity index (χ3v) is 5.35. The second-order valence-corrected chi connectivity index (χ2v) is 7.00. The quantitative estimate of drug-likeness (QED) is 0.776. The Labute approximate surface area is 138 Å². The molecule has 0 aromatic rings. The molecule has 1 aliphatic heterocycles. The molecule has 132 valence electrons. The van der Waals surface area contributed by atoms with E-state index in [-0.39, 0.29) is 24.7 Å². The zero-order valence-corrected chi connectivity index (χ0v) is 14.7. The summed E-state index contributed by atoms with van der Waals surface area (Å²) in [5, 5.41) is 12.0. The lowest BCUT2D eigenvalue weighted by Crippen LogP contribution is -2.61. The van der Waals surface area contributed by atoms with Gasteiger partial charge in [-0.25, -0.2) is 4.79 Å². The van der Waals surface area contributed by atoms with Crippen molar-refractivity contribution >= 4 is 12.0 Å². The number of rotatable bonds is 5. The number of amides is 2. The number of urea groups is 1. The maximum atomic E-state index is 12.4.